The second kappa shape index (κ2) is 5.11. The third-order valence-corrected chi connectivity index (χ3v) is 3.79. The number of likely N-dealkylation sites (tertiary alicyclic amines) is 1. The summed E-state index contributed by atoms with van der Waals surface area (Å²) in [4.78, 5) is 40.5. The predicted molar refractivity (Wildman–Crippen MR) is 72.3 cm³/mol. The van der Waals surface area contributed by atoms with Gasteiger partial charge in [-0.15, -0.1) is 0 Å². The van der Waals surface area contributed by atoms with Crippen molar-refractivity contribution in [2.75, 3.05) is 6.54 Å². The van der Waals surface area contributed by atoms with Gasteiger partial charge in [0, 0.05) is 31.0 Å². The standard InChI is InChI=1S/C14H17N3O3/c18-12-5-6-15-8-10(12)14(20)17-7-1-2-11(17)13(19)16-9-3-4-9/h5-6,8-9,11H,1-4,7H2,(H,15,18)(H,16,19). The number of rotatable bonds is 3. The normalized spacial score (nSPS) is 21.8. The van der Waals surface area contributed by atoms with E-state index in [4.69, 9.17) is 0 Å². The van der Waals surface area contributed by atoms with Crippen LogP contribution in [-0.4, -0.2) is 40.3 Å². The Labute approximate surface area is 116 Å². The SMILES string of the molecule is O=C(NC1CC1)C1CCCN1C(=O)c1c[nH]ccc1=O. The summed E-state index contributed by atoms with van der Waals surface area (Å²) < 4.78 is 0. The van der Waals surface area contributed by atoms with E-state index in [1.165, 1.54) is 23.4 Å². The zero-order valence-electron chi connectivity index (χ0n) is 11.1. The van der Waals surface area contributed by atoms with Gasteiger partial charge in [0.2, 0.25) is 5.91 Å². The van der Waals surface area contributed by atoms with Gasteiger partial charge in [-0.2, -0.15) is 0 Å². The molecule has 1 saturated heterocycles. The number of nitrogens with one attached hydrogen (secondary N) is 2. The van der Waals surface area contributed by atoms with Gasteiger partial charge in [0.25, 0.3) is 5.91 Å². The molecule has 106 valence electrons. The molecule has 1 aromatic rings. The van der Waals surface area contributed by atoms with E-state index < -0.39 is 6.04 Å². The summed E-state index contributed by atoms with van der Waals surface area (Å²) in [6.45, 7) is 0.524. The zero-order chi connectivity index (χ0) is 14.1. The lowest BCUT2D eigenvalue weighted by atomic mass is 10.2. The van der Waals surface area contributed by atoms with Gasteiger partial charge in [-0.25, -0.2) is 0 Å². The first-order chi connectivity index (χ1) is 9.66. The summed E-state index contributed by atoms with van der Waals surface area (Å²) in [5, 5.41) is 2.93. The molecule has 2 fully saturated rings. The minimum Gasteiger partial charge on any atom is -0.367 e. The fraction of sp³-hybridized carbons (Fsp3) is 0.500. The Hall–Kier alpha value is -2.11. The summed E-state index contributed by atoms with van der Waals surface area (Å²) in [5.74, 6) is -0.453. The number of aromatic nitrogens is 1. The van der Waals surface area contributed by atoms with Crippen LogP contribution in [0.1, 0.15) is 36.0 Å². The number of hydrogen-bond donors (Lipinski definition) is 2. The summed E-state index contributed by atoms with van der Waals surface area (Å²) in [7, 11) is 0. The van der Waals surface area contributed by atoms with Crippen LogP contribution in [0.25, 0.3) is 0 Å². The molecule has 0 spiro atoms. The number of nitrogens with zero attached hydrogens (tertiary/aromatic N) is 1. The van der Waals surface area contributed by atoms with E-state index in [2.05, 4.69) is 10.3 Å². The molecule has 1 aliphatic carbocycles. The quantitative estimate of drug-likeness (QED) is 0.830. The monoisotopic (exact) mass is 275 g/mol. The third kappa shape index (κ3) is 2.45. The van der Waals surface area contributed by atoms with Gasteiger partial charge in [-0.05, 0) is 25.7 Å². The molecule has 0 aromatic carbocycles. The summed E-state index contributed by atoms with van der Waals surface area (Å²) in [5.41, 5.74) is -0.222. The van der Waals surface area contributed by atoms with Crippen LogP contribution in [0.5, 0.6) is 0 Å². The fourth-order valence-electron chi connectivity index (χ4n) is 2.55. The average molecular weight is 275 g/mol. The zero-order valence-corrected chi connectivity index (χ0v) is 11.1. The van der Waals surface area contributed by atoms with Crippen LogP contribution >= 0.6 is 0 Å². The predicted octanol–water partition coefficient (Wildman–Crippen LogP) is 0.258. The molecule has 1 atom stereocenters. The Bertz CT molecular complexity index is 591. The van der Waals surface area contributed by atoms with E-state index in [9.17, 15) is 14.4 Å². The second-order valence-corrected chi connectivity index (χ2v) is 5.36. The number of carbonyl (C=O) groups excluding carboxylic acids is 2. The minimum atomic E-state index is -0.442. The maximum atomic E-state index is 12.4. The van der Waals surface area contributed by atoms with E-state index in [0.29, 0.717) is 13.0 Å². The number of aromatic amines is 1. The van der Waals surface area contributed by atoms with Gasteiger partial charge in [0.15, 0.2) is 5.43 Å². The van der Waals surface area contributed by atoms with Crippen LogP contribution in [0, 0.1) is 0 Å². The lowest BCUT2D eigenvalue weighted by Crippen LogP contribution is -2.47. The van der Waals surface area contributed by atoms with Gasteiger partial charge in [0.1, 0.15) is 11.6 Å². The van der Waals surface area contributed by atoms with Crippen LogP contribution in [0.3, 0.4) is 0 Å². The third-order valence-electron chi connectivity index (χ3n) is 3.79. The molecule has 0 bridgehead atoms. The molecular weight excluding hydrogens is 258 g/mol. The van der Waals surface area contributed by atoms with Crippen molar-refractivity contribution < 1.29 is 9.59 Å². The average Bonchev–Trinajstić information content (AvgIpc) is 3.11. The Morgan fingerprint density at radius 1 is 1.30 bits per heavy atom. The van der Waals surface area contributed by atoms with Crippen molar-refractivity contribution in [1.29, 1.82) is 0 Å². The van der Waals surface area contributed by atoms with E-state index in [0.717, 1.165) is 19.3 Å². The highest BCUT2D eigenvalue weighted by Crippen LogP contribution is 2.23. The Balaban J connectivity index is 1.77. The van der Waals surface area contributed by atoms with Crippen molar-refractivity contribution in [1.82, 2.24) is 15.2 Å². The van der Waals surface area contributed by atoms with Crippen LogP contribution in [0.4, 0.5) is 0 Å². The molecule has 1 saturated carbocycles. The Morgan fingerprint density at radius 2 is 2.10 bits per heavy atom. The van der Waals surface area contributed by atoms with Crippen LogP contribution < -0.4 is 10.7 Å². The first kappa shape index (κ1) is 12.9. The molecule has 2 amide bonds. The molecule has 20 heavy (non-hydrogen) atoms. The molecule has 2 aliphatic rings. The first-order valence-electron chi connectivity index (χ1n) is 6.95. The second-order valence-electron chi connectivity index (χ2n) is 5.36. The van der Waals surface area contributed by atoms with Crippen LogP contribution in [-0.2, 0) is 4.79 Å². The summed E-state index contributed by atoms with van der Waals surface area (Å²) in [6, 6.07) is 1.16. The van der Waals surface area contributed by atoms with Gasteiger partial charge >= 0.3 is 0 Å². The fourth-order valence-corrected chi connectivity index (χ4v) is 2.55. The van der Waals surface area contributed by atoms with Gasteiger partial charge in [-0.3, -0.25) is 14.4 Å². The summed E-state index contributed by atoms with van der Waals surface area (Å²) >= 11 is 0. The van der Waals surface area contributed by atoms with E-state index in [1.807, 2.05) is 0 Å². The van der Waals surface area contributed by atoms with E-state index in [-0.39, 0.29) is 28.8 Å². The van der Waals surface area contributed by atoms with Crippen molar-refractivity contribution in [3.8, 4) is 0 Å². The highest BCUT2D eigenvalue weighted by atomic mass is 16.2. The van der Waals surface area contributed by atoms with Crippen molar-refractivity contribution >= 4 is 11.8 Å². The Kier molecular flexibility index (Phi) is 3.30. The molecule has 3 rings (SSSR count). The Morgan fingerprint density at radius 3 is 2.80 bits per heavy atom. The lowest BCUT2D eigenvalue weighted by molar-refractivity contribution is -0.125. The molecule has 1 unspecified atom stereocenters. The number of carbonyl (C=O) groups is 2. The number of H-pyrrole nitrogens is 1. The van der Waals surface area contributed by atoms with Gasteiger partial charge in [-0.1, -0.05) is 0 Å². The highest BCUT2D eigenvalue weighted by Gasteiger charge is 2.37. The van der Waals surface area contributed by atoms with Crippen molar-refractivity contribution in [3.05, 3.63) is 34.2 Å². The highest BCUT2D eigenvalue weighted by molar-refractivity contribution is 5.97. The molecule has 0 radical (unpaired) electrons. The minimum absolute atomic E-state index is 0.0919. The largest absolute Gasteiger partial charge is 0.367 e. The lowest BCUT2D eigenvalue weighted by Gasteiger charge is -2.23. The molecule has 6 heteroatoms. The molecular formula is C14H17N3O3. The molecule has 1 aromatic heterocycles. The van der Waals surface area contributed by atoms with Gasteiger partial charge in [0.05, 0.1) is 0 Å². The maximum absolute atomic E-state index is 12.4. The maximum Gasteiger partial charge on any atom is 0.259 e. The van der Waals surface area contributed by atoms with Gasteiger partial charge < -0.3 is 15.2 Å². The molecule has 2 heterocycles. The van der Waals surface area contributed by atoms with Crippen molar-refractivity contribution in [3.63, 3.8) is 0 Å². The molecule has 6 nitrogen and oxygen atoms in total. The number of amides is 2. The molecule has 1 aliphatic heterocycles. The van der Waals surface area contributed by atoms with Crippen LogP contribution in [0.2, 0.25) is 0 Å². The van der Waals surface area contributed by atoms with Crippen molar-refractivity contribution in [2.45, 2.75) is 37.8 Å². The van der Waals surface area contributed by atoms with Crippen molar-refractivity contribution in [2.24, 2.45) is 0 Å². The number of hydrogen-bond acceptors (Lipinski definition) is 3. The van der Waals surface area contributed by atoms with Crippen LogP contribution in [0.15, 0.2) is 23.3 Å². The smallest absolute Gasteiger partial charge is 0.259 e. The number of pyridine rings is 1. The van der Waals surface area contributed by atoms with E-state index >= 15 is 0 Å². The first-order valence-corrected chi connectivity index (χ1v) is 6.95. The summed E-state index contributed by atoms with van der Waals surface area (Å²) in [6.07, 6.45) is 6.38. The topological polar surface area (TPSA) is 82.3 Å². The van der Waals surface area contributed by atoms with E-state index in [1.54, 1.807) is 0 Å². The molecule has 2 N–H and O–H groups in total.